The Morgan fingerprint density at radius 3 is 0.840 bits per heavy atom. The van der Waals surface area contributed by atoms with Crippen molar-refractivity contribution in [3.05, 3.63) is 0 Å². The molecule has 0 saturated heterocycles. The molecule has 20 atom stereocenters. The van der Waals surface area contributed by atoms with E-state index in [9.17, 15) is 0 Å². The van der Waals surface area contributed by atoms with Gasteiger partial charge in [-0.1, -0.05) is 129 Å². The molecule has 0 spiro atoms. The van der Waals surface area contributed by atoms with Crippen molar-refractivity contribution >= 4 is 0 Å². The normalized spacial score (nSPS) is 56.8. The SMILES string of the molecule is CC1CCCC(C2C3CCCCC3C(C3C4CCCCC4C(C4CCCC(C)C4)C4CC5CCCCC5CC43)C3CC4CCCCC4CC32)C1. The molecule has 10 aliphatic rings. The molecule has 20 unspecified atom stereocenters. The Balaban J connectivity index is 1.07. The second-order valence-electron chi connectivity index (χ2n) is 22.8. The minimum absolute atomic E-state index is 1.00. The summed E-state index contributed by atoms with van der Waals surface area (Å²) >= 11 is 0. The molecule has 282 valence electrons. The van der Waals surface area contributed by atoms with E-state index in [0.29, 0.717) is 0 Å². The van der Waals surface area contributed by atoms with Gasteiger partial charge in [0.15, 0.2) is 0 Å². The van der Waals surface area contributed by atoms with Gasteiger partial charge in [0, 0.05) is 0 Å². The highest BCUT2D eigenvalue weighted by Gasteiger charge is 2.63. The molecular weight excluding hydrogens is 601 g/mol. The van der Waals surface area contributed by atoms with E-state index < -0.39 is 0 Å². The van der Waals surface area contributed by atoms with Crippen molar-refractivity contribution in [1.82, 2.24) is 0 Å². The molecule has 0 aromatic heterocycles. The summed E-state index contributed by atoms with van der Waals surface area (Å²) in [6, 6.07) is 0. The van der Waals surface area contributed by atoms with E-state index in [-0.39, 0.29) is 0 Å². The van der Waals surface area contributed by atoms with Crippen LogP contribution in [-0.2, 0) is 0 Å². The summed E-state index contributed by atoms with van der Waals surface area (Å²) in [5.74, 6) is 22.2. The van der Waals surface area contributed by atoms with Gasteiger partial charge in [-0.05, 0) is 183 Å². The maximum absolute atomic E-state index is 2.65. The molecule has 50 heavy (non-hydrogen) atoms. The van der Waals surface area contributed by atoms with Crippen LogP contribution in [0.25, 0.3) is 0 Å². The lowest BCUT2D eigenvalue weighted by atomic mass is 9.37. The predicted octanol–water partition coefficient (Wildman–Crippen LogP) is 14.4. The summed E-state index contributed by atoms with van der Waals surface area (Å²) in [6.07, 6.45) is 45.2. The van der Waals surface area contributed by atoms with Crippen LogP contribution in [0.4, 0.5) is 0 Å². The molecule has 10 saturated carbocycles. The van der Waals surface area contributed by atoms with Gasteiger partial charge in [-0.25, -0.2) is 0 Å². The average Bonchev–Trinajstić information content (AvgIpc) is 3.14. The lowest BCUT2D eigenvalue weighted by molar-refractivity contribution is -0.192. The van der Waals surface area contributed by atoms with Gasteiger partial charge in [-0.15, -0.1) is 0 Å². The van der Waals surface area contributed by atoms with Crippen LogP contribution in [0, 0.1) is 118 Å². The van der Waals surface area contributed by atoms with Gasteiger partial charge in [0.2, 0.25) is 0 Å². The first-order valence-corrected chi connectivity index (χ1v) is 24.6. The van der Waals surface area contributed by atoms with Gasteiger partial charge in [0.1, 0.15) is 0 Å². The summed E-state index contributed by atoms with van der Waals surface area (Å²) in [4.78, 5) is 0. The second kappa shape index (κ2) is 14.6. The fourth-order valence-corrected chi connectivity index (χ4v) is 19.4. The summed E-state index contributed by atoms with van der Waals surface area (Å²) in [5, 5.41) is 0. The van der Waals surface area contributed by atoms with Crippen LogP contribution >= 0.6 is 0 Å². The molecule has 10 fully saturated rings. The Morgan fingerprint density at radius 1 is 0.220 bits per heavy atom. The van der Waals surface area contributed by atoms with Gasteiger partial charge < -0.3 is 0 Å². The lowest BCUT2D eigenvalue weighted by Crippen LogP contribution is -2.61. The maximum atomic E-state index is 2.65. The minimum Gasteiger partial charge on any atom is -0.0625 e. The fourth-order valence-electron chi connectivity index (χ4n) is 19.4. The lowest BCUT2D eigenvalue weighted by Gasteiger charge is -2.67. The molecule has 0 aromatic carbocycles. The van der Waals surface area contributed by atoms with Crippen LogP contribution in [0.3, 0.4) is 0 Å². The van der Waals surface area contributed by atoms with E-state index in [1.54, 1.807) is 167 Å². The first kappa shape index (κ1) is 34.5. The second-order valence-corrected chi connectivity index (χ2v) is 22.8. The van der Waals surface area contributed by atoms with Crippen LogP contribution in [0.2, 0.25) is 0 Å². The number of fused-ring (bicyclic) bond motifs is 6. The van der Waals surface area contributed by atoms with Crippen molar-refractivity contribution in [3.8, 4) is 0 Å². The molecule has 10 rings (SSSR count). The molecule has 10 aliphatic carbocycles. The molecule has 0 aromatic rings. The topological polar surface area (TPSA) is 0 Å². The zero-order valence-corrected chi connectivity index (χ0v) is 33.3. The van der Waals surface area contributed by atoms with Crippen LogP contribution in [0.5, 0.6) is 0 Å². The molecule has 0 heterocycles. The number of hydrogen-bond acceptors (Lipinski definition) is 0. The van der Waals surface area contributed by atoms with Gasteiger partial charge >= 0.3 is 0 Å². The van der Waals surface area contributed by atoms with Crippen LogP contribution in [-0.4, -0.2) is 0 Å². The van der Waals surface area contributed by atoms with Crippen LogP contribution < -0.4 is 0 Å². The van der Waals surface area contributed by atoms with Crippen LogP contribution in [0.15, 0.2) is 0 Å². The van der Waals surface area contributed by atoms with E-state index in [0.717, 1.165) is 118 Å². The Morgan fingerprint density at radius 2 is 0.500 bits per heavy atom. The fraction of sp³-hybridized carbons (Fsp3) is 1.00. The zero-order chi connectivity index (χ0) is 33.3. The number of rotatable bonds is 3. The van der Waals surface area contributed by atoms with Gasteiger partial charge in [-0.3, -0.25) is 0 Å². The number of hydrogen-bond donors (Lipinski definition) is 0. The highest BCUT2D eigenvalue weighted by Crippen LogP contribution is 2.70. The van der Waals surface area contributed by atoms with Crippen molar-refractivity contribution in [2.45, 2.75) is 194 Å². The largest absolute Gasteiger partial charge is 0.0625 e. The predicted molar refractivity (Wildman–Crippen MR) is 210 cm³/mol. The van der Waals surface area contributed by atoms with Gasteiger partial charge in [0.05, 0.1) is 0 Å². The Labute approximate surface area is 311 Å². The highest BCUT2D eigenvalue weighted by atomic mass is 14.7. The summed E-state index contributed by atoms with van der Waals surface area (Å²) in [5.41, 5.74) is 0. The molecule has 0 radical (unpaired) electrons. The van der Waals surface area contributed by atoms with E-state index in [2.05, 4.69) is 13.8 Å². The Kier molecular flexibility index (Phi) is 10.1. The maximum Gasteiger partial charge on any atom is -0.0318 e. The van der Waals surface area contributed by atoms with Crippen molar-refractivity contribution < 1.29 is 0 Å². The third-order valence-corrected chi connectivity index (χ3v) is 20.7. The summed E-state index contributed by atoms with van der Waals surface area (Å²) < 4.78 is 0. The van der Waals surface area contributed by atoms with Crippen molar-refractivity contribution in [1.29, 1.82) is 0 Å². The molecule has 0 aliphatic heterocycles. The van der Waals surface area contributed by atoms with Crippen molar-refractivity contribution in [2.24, 2.45) is 118 Å². The van der Waals surface area contributed by atoms with E-state index in [1.165, 1.54) is 12.8 Å². The van der Waals surface area contributed by atoms with Crippen molar-refractivity contribution in [2.75, 3.05) is 0 Å². The molecule has 0 bridgehead atoms. The first-order valence-electron chi connectivity index (χ1n) is 24.6. The third kappa shape index (κ3) is 6.09. The van der Waals surface area contributed by atoms with Crippen molar-refractivity contribution in [3.63, 3.8) is 0 Å². The molecular formula is C50H82. The zero-order valence-electron chi connectivity index (χ0n) is 33.3. The third-order valence-electron chi connectivity index (χ3n) is 20.7. The van der Waals surface area contributed by atoms with E-state index in [1.807, 2.05) is 0 Å². The molecule has 0 amide bonds. The molecule has 0 nitrogen and oxygen atoms in total. The van der Waals surface area contributed by atoms with Crippen LogP contribution in [0.1, 0.15) is 194 Å². The van der Waals surface area contributed by atoms with E-state index >= 15 is 0 Å². The first-order chi connectivity index (χ1) is 24.6. The monoisotopic (exact) mass is 683 g/mol. The molecule has 0 heteroatoms. The van der Waals surface area contributed by atoms with Gasteiger partial charge in [-0.2, -0.15) is 0 Å². The smallest absolute Gasteiger partial charge is 0.0318 e. The summed E-state index contributed by atoms with van der Waals surface area (Å²) in [6.45, 7) is 5.31. The quantitative estimate of drug-likeness (QED) is 0.278. The highest BCUT2D eigenvalue weighted by molar-refractivity contribution is 5.12. The molecule has 0 N–H and O–H groups in total. The van der Waals surface area contributed by atoms with Gasteiger partial charge in [0.25, 0.3) is 0 Å². The summed E-state index contributed by atoms with van der Waals surface area (Å²) in [7, 11) is 0. The Bertz CT molecular complexity index is 1050. The minimum atomic E-state index is 1.00. The standard InChI is InChI=1S/C50H82/c1-31-13-11-19-37(25-31)47-39-21-7-9-23-41(39)49(45-29-35-17-5-3-15-33(35)27-43(45)47)50-42-24-10-8-22-40(42)48(38-20-12-14-32(2)26-38)44-28-34-16-4-6-18-36(34)30-46(44)50/h31-50H,3-30H2,1-2H3. The van der Waals surface area contributed by atoms with E-state index in [4.69, 9.17) is 0 Å². The Hall–Kier alpha value is 0. The average molecular weight is 683 g/mol.